The SMILES string of the molecule is C=CCn1c(=NC(=O)CCCSc2ccc(OC)cc2)sc2cc(S(C)(=O)=O)ccc21. The number of fused-ring (bicyclic) bond motifs is 1. The van der Waals surface area contributed by atoms with Crippen LogP contribution in [-0.4, -0.2) is 38.0 Å². The molecule has 0 saturated carbocycles. The Kier molecular flexibility index (Phi) is 7.74. The molecule has 6 nitrogen and oxygen atoms in total. The topological polar surface area (TPSA) is 77.7 Å². The summed E-state index contributed by atoms with van der Waals surface area (Å²) in [5.41, 5.74) is 0.832. The van der Waals surface area contributed by atoms with Gasteiger partial charge in [0.2, 0.25) is 5.91 Å². The maximum absolute atomic E-state index is 12.4. The van der Waals surface area contributed by atoms with E-state index in [1.807, 2.05) is 28.8 Å². The lowest BCUT2D eigenvalue weighted by atomic mass is 10.3. The molecule has 0 saturated heterocycles. The molecule has 9 heteroatoms. The lowest BCUT2D eigenvalue weighted by molar-refractivity contribution is -0.118. The van der Waals surface area contributed by atoms with Crippen LogP contribution < -0.4 is 9.54 Å². The molecule has 0 atom stereocenters. The van der Waals surface area contributed by atoms with E-state index < -0.39 is 9.84 Å². The molecule has 0 radical (unpaired) electrons. The van der Waals surface area contributed by atoms with Crippen LogP contribution in [0.2, 0.25) is 0 Å². The highest BCUT2D eigenvalue weighted by atomic mass is 32.2. The van der Waals surface area contributed by atoms with Crippen LogP contribution in [0, 0.1) is 0 Å². The molecular weight excluding hydrogens is 452 g/mol. The second kappa shape index (κ2) is 10.3. The van der Waals surface area contributed by atoms with Gasteiger partial charge in [-0.15, -0.1) is 18.3 Å². The highest BCUT2D eigenvalue weighted by molar-refractivity contribution is 7.99. The van der Waals surface area contributed by atoms with Gasteiger partial charge in [-0.2, -0.15) is 4.99 Å². The Morgan fingerprint density at radius 3 is 2.65 bits per heavy atom. The predicted octanol–water partition coefficient (Wildman–Crippen LogP) is 4.30. The van der Waals surface area contributed by atoms with Gasteiger partial charge in [-0.05, 0) is 54.6 Å². The van der Waals surface area contributed by atoms with Gasteiger partial charge in [0.15, 0.2) is 14.6 Å². The molecule has 31 heavy (non-hydrogen) atoms. The Hall–Kier alpha value is -2.36. The minimum Gasteiger partial charge on any atom is -0.497 e. The fraction of sp³-hybridized carbons (Fsp3) is 0.273. The van der Waals surface area contributed by atoms with Crippen molar-refractivity contribution in [1.82, 2.24) is 4.57 Å². The number of methoxy groups -OCH3 is 1. The van der Waals surface area contributed by atoms with Gasteiger partial charge < -0.3 is 9.30 Å². The van der Waals surface area contributed by atoms with Crippen molar-refractivity contribution in [3.05, 3.63) is 59.9 Å². The molecule has 1 heterocycles. The van der Waals surface area contributed by atoms with Gasteiger partial charge in [-0.25, -0.2) is 8.42 Å². The molecule has 0 spiro atoms. The Bertz CT molecular complexity index is 1260. The number of benzene rings is 2. The largest absolute Gasteiger partial charge is 0.497 e. The van der Waals surface area contributed by atoms with Gasteiger partial charge in [0, 0.05) is 24.1 Å². The van der Waals surface area contributed by atoms with Gasteiger partial charge >= 0.3 is 0 Å². The first-order valence-electron chi connectivity index (χ1n) is 9.60. The van der Waals surface area contributed by atoms with Gasteiger partial charge in [-0.1, -0.05) is 17.4 Å². The number of carbonyl (C=O) groups is 1. The smallest absolute Gasteiger partial charge is 0.248 e. The number of rotatable bonds is 9. The molecule has 0 aliphatic rings. The lowest BCUT2D eigenvalue weighted by Crippen LogP contribution is -2.16. The van der Waals surface area contributed by atoms with E-state index in [0.29, 0.717) is 24.2 Å². The molecule has 2 aromatic carbocycles. The summed E-state index contributed by atoms with van der Waals surface area (Å²) in [6.07, 6.45) is 3.97. The quantitative estimate of drug-likeness (QED) is 0.261. The summed E-state index contributed by atoms with van der Waals surface area (Å²) in [5, 5.41) is 0. The van der Waals surface area contributed by atoms with Crippen molar-refractivity contribution in [2.24, 2.45) is 4.99 Å². The van der Waals surface area contributed by atoms with Crippen LogP contribution in [0.4, 0.5) is 0 Å². The van der Waals surface area contributed by atoms with Crippen LogP contribution in [-0.2, 0) is 21.2 Å². The van der Waals surface area contributed by atoms with Crippen LogP contribution in [0.1, 0.15) is 12.8 Å². The highest BCUT2D eigenvalue weighted by Gasteiger charge is 2.12. The summed E-state index contributed by atoms with van der Waals surface area (Å²) in [6, 6.07) is 12.8. The third-order valence-electron chi connectivity index (χ3n) is 4.48. The van der Waals surface area contributed by atoms with E-state index >= 15 is 0 Å². The fourth-order valence-corrected chi connectivity index (χ4v) is 5.59. The number of ether oxygens (including phenoxy) is 1. The third-order valence-corrected chi connectivity index (χ3v) is 7.73. The van der Waals surface area contributed by atoms with Crippen molar-refractivity contribution in [2.75, 3.05) is 19.1 Å². The number of hydrogen-bond donors (Lipinski definition) is 0. The molecule has 0 aliphatic carbocycles. The Balaban J connectivity index is 1.71. The molecule has 0 N–H and O–H groups in total. The van der Waals surface area contributed by atoms with E-state index in [1.54, 1.807) is 43.1 Å². The third kappa shape index (κ3) is 6.09. The number of carbonyl (C=O) groups excluding carboxylic acids is 1. The van der Waals surface area contributed by atoms with Crippen LogP contribution in [0.3, 0.4) is 0 Å². The zero-order chi connectivity index (χ0) is 22.4. The summed E-state index contributed by atoms with van der Waals surface area (Å²) < 4.78 is 31.5. The van der Waals surface area contributed by atoms with Crippen LogP contribution in [0.15, 0.2) is 69.9 Å². The molecule has 1 aromatic heterocycles. The number of aromatic nitrogens is 1. The molecule has 3 rings (SSSR count). The fourth-order valence-electron chi connectivity index (χ4n) is 2.92. The Morgan fingerprint density at radius 2 is 2.00 bits per heavy atom. The first-order valence-corrected chi connectivity index (χ1v) is 13.3. The van der Waals surface area contributed by atoms with Gasteiger partial charge in [0.05, 0.1) is 22.2 Å². The van der Waals surface area contributed by atoms with Crippen molar-refractivity contribution < 1.29 is 17.9 Å². The van der Waals surface area contributed by atoms with Crippen LogP contribution in [0.25, 0.3) is 10.2 Å². The van der Waals surface area contributed by atoms with Gasteiger partial charge in [0.25, 0.3) is 0 Å². The molecule has 0 aliphatic heterocycles. The number of amides is 1. The standard InChI is InChI=1S/C22H24N2O4S3/c1-4-13-24-19-12-11-18(31(3,26)27)15-20(19)30-22(24)23-21(25)6-5-14-29-17-9-7-16(28-2)8-10-17/h4,7-12,15H,1,5-6,13-14H2,2-3H3. The number of hydrogen-bond acceptors (Lipinski definition) is 6. The maximum atomic E-state index is 12.4. The van der Waals surface area contributed by atoms with E-state index in [2.05, 4.69) is 11.6 Å². The molecule has 0 bridgehead atoms. The number of thiazole rings is 1. The van der Waals surface area contributed by atoms with E-state index in [4.69, 9.17) is 4.74 Å². The van der Waals surface area contributed by atoms with Crippen molar-refractivity contribution in [1.29, 1.82) is 0 Å². The first kappa shape index (κ1) is 23.3. The van der Waals surface area contributed by atoms with Gasteiger partial charge in [-0.3, -0.25) is 4.79 Å². The second-order valence-corrected chi connectivity index (χ2v) is 11.0. The molecule has 164 valence electrons. The molecule has 0 unspecified atom stereocenters. The monoisotopic (exact) mass is 476 g/mol. The van der Waals surface area contributed by atoms with E-state index in [-0.39, 0.29) is 10.8 Å². The minimum absolute atomic E-state index is 0.192. The summed E-state index contributed by atoms with van der Waals surface area (Å²) >= 11 is 2.99. The molecular formula is C22H24N2O4S3. The van der Waals surface area contributed by atoms with Crippen molar-refractivity contribution in [2.45, 2.75) is 29.2 Å². The number of thioether (sulfide) groups is 1. The Labute approximate surface area is 190 Å². The maximum Gasteiger partial charge on any atom is 0.248 e. The summed E-state index contributed by atoms with van der Waals surface area (Å²) in [5.74, 6) is 1.44. The van der Waals surface area contributed by atoms with Gasteiger partial charge in [0.1, 0.15) is 5.75 Å². The summed E-state index contributed by atoms with van der Waals surface area (Å²) in [6.45, 7) is 4.25. The molecule has 3 aromatic rings. The van der Waals surface area contributed by atoms with Crippen molar-refractivity contribution >= 4 is 49.1 Å². The zero-order valence-corrected chi connectivity index (χ0v) is 19.9. The second-order valence-electron chi connectivity index (χ2n) is 6.82. The van der Waals surface area contributed by atoms with E-state index in [1.165, 1.54) is 17.6 Å². The zero-order valence-electron chi connectivity index (χ0n) is 17.4. The Morgan fingerprint density at radius 1 is 1.26 bits per heavy atom. The minimum atomic E-state index is -3.30. The van der Waals surface area contributed by atoms with Crippen molar-refractivity contribution in [3.63, 3.8) is 0 Å². The number of nitrogens with zero attached hydrogens (tertiary/aromatic N) is 2. The van der Waals surface area contributed by atoms with Crippen LogP contribution in [0.5, 0.6) is 5.75 Å². The lowest BCUT2D eigenvalue weighted by Gasteiger charge is -2.03. The van der Waals surface area contributed by atoms with Crippen molar-refractivity contribution in [3.8, 4) is 5.75 Å². The molecule has 1 amide bonds. The summed E-state index contributed by atoms with van der Waals surface area (Å²) in [7, 11) is -1.67. The van der Waals surface area contributed by atoms with Crippen LogP contribution >= 0.6 is 23.1 Å². The average Bonchev–Trinajstić information content (AvgIpc) is 3.07. The number of allylic oxidation sites excluding steroid dienone is 1. The molecule has 0 fully saturated rings. The van der Waals surface area contributed by atoms with E-state index in [0.717, 1.165) is 26.6 Å². The van der Waals surface area contributed by atoms with E-state index in [9.17, 15) is 13.2 Å². The highest BCUT2D eigenvalue weighted by Crippen LogP contribution is 2.23. The normalized spacial score (nSPS) is 12.3. The number of sulfone groups is 1. The predicted molar refractivity (Wildman–Crippen MR) is 127 cm³/mol. The first-order chi connectivity index (χ1) is 14.8. The summed E-state index contributed by atoms with van der Waals surface area (Å²) in [4.78, 5) is 18.7. The average molecular weight is 477 g/mol.